The van der Waals surface area contributed by atoms with Crippen LogP contribution in [0.2, 0.25) is 0 Å². The Morgan fingerprint density at radius 1 is 1.33 bits per heavy atom. The number of carbonyl (C=O) groups is 3. The molecule has 1 aromatic carbocycles. The standard InChI is InChI=1S/C17H21N3O4/c1-17(11-24-2)15(22)20(16(23)18-17)10-14(21)19-9-5-7-12-6-3-4-8-13(12)19/h3-4,6,8H,5,7,9-11H2,1-2H3,(H,18,23). The van der Waals surface area contributed by atoms with Crippen molar-refractivity contribution in [1.29, 1.82) is 0 Å². The molecule has 0 saturated carbocycles. The molecule has 128 valence electrons. The molecule has 1 atom stereocenters. The number of ether oxygens (including phenoxy) is 1. The van der Waals surface area contributed by atoms with Crippen molar-refractivity contribution in [2.75, 3.05) is 31.7 Å². The summed E-state index contributed by atoms with van der Waals surface area (Å²) in [5.41, 5.74) is 0.852. The molecule has 0 bridgehead atoms. The van der Waals surface area contributed by atoms with E-state index in [4.69, 9.17) is 4.74 Å². The van der Waals surface area contributed by atoms with Crippen LogP contribution in [0.3, 0.4) is 0 Å². The number of rotatable bonds is 4. The topological polar surface area (TPSA) is 79.0 Å². The molecule has 7 heteroatoms. The van der Waals surface area contributed by atoms with E-state index in [2.05, 4.69) is 5.32 Å². The van der Waals surface area contributed by atoms with Gasteiger partial charge in [-0.1, -0.05) is 18.2 Å². The molecule has 0 aliphatic carbocycles. The van der Waals surface area contributed by atoms with E-state index in [1.54, 1.807) is 11.8 Å². The molecule has 1 aromatic rings. The SMILES string of the molecule is COCC1(C)NC(=O)N(CC(=O)N2CCCc3ccccc32)C1=O. The highest BCUT2D eigenvalue weighted by Gasteiger charge is 2.48. The van der Waals surface area contributed by atoms with Gasteiger partial charge in [0.15, 0.2) is 0 Å². The van der Waals surface area contributed by atoms with Crippen molar-refractivity contribution >= 4 is 23.5 Å². The third kappa shape index (κ3) is 2.75. The predicted molar refractivity (Wildman–Crippen MR) is 87.6 cm³/mol. The maximum absolute atomic E-state index is 12.7. The van der Waals surface area contributed by atoms with Gasteiger partial charge in [0.1, 0.15) is 12.1 Å². The van der Waals surface area contributed by atoms with Crippen LogP contribution in [0.15, 0.2) is 24.3 Å². The van der Waals surface area contributed by atoms with Crippen LogP contribution in [0.4, 0.5) is 10.5 Å². The molecule has 2 heterocycles. The van der Waals surface area contributed by atoms with Crippen LogP contribution >= 0.6 is 0 Å². The third-order valence-corrected chi connectivity index (χ3v) is 4.48. The molecule has 1 fully saturated rings. The molecule has 3 rings (SSSR count). The Balaban J connectivity index is 1.76. The van der Waals surface area contributed by atoms with Gasteiger partial charge in [-0.2, -0.15) is 0 Å². The van der Waals surface area contributed by atoms with Gasteiger partial charge in [-0.05, 0) is 31.4 Å². The molecular weight excluding hydrogens is 310 g/mol. The van der Waals surface area contributed by atoms with Crippen LogP contribution in [0, 0.1) is 0 Å². The molecule has 7 nitrogen and oxygen atoms in total. The van der Waals surface area contributed by atoms with Crippen molar-refractivity contribution in [1.82, 2.24) is 10.2 Å². The van der Waals surface area contributed by atoms with Crippen LogP contribution in [0.5, 0.6) is 0 Å². The molecule has 4 amide bonds. The van der Waals surface area contributed by atoms with Gasteiger partial charge in [-0.15, -0.1) is 0 Å². The number of benzene rings is 1. The van der Waals surface area contributed by atoms with Gasteiger partial charge < -0.3 is 15.0 Å². The molecule has 1 saturated heterocycles. The minimum absolute atomic E-state index is 0.0643. The summed E-state index contributed by atoms with van der Waals surface area (Å²) >= 11 is 0. The first-order valence-corrected chi connectivity index (χ1v) is 7.97. The van der Waals surface area contributed by atoms with Gasteiger partial charge in [-0.25, -0.2) is 4.79 Å². The van der Waals surface area contributed by atoms with Gasteiger partial charge in [-0.3, -0.25) is 14.5 Å². The third-order valence-electron chi connectivity index (χ3n) is 4.48. The first-order chi connectivity index (χ1) is 11.5. The van der Waals surface area contributed by atoms with Crippen LogP contribution in [-0.2, 0) is 20.7 Å². The first kappa shape index (κ1) is 16.4. The summed E-state index contributed by atoms with van der Waals surface area (Å²) in [6.07, 6.45) is 1.79. The molecular formula is C17H21N3O4. The lowest BCUT2D eigenvalue weighted by Crippen LogP contribution is -2.49. The van der Waals surface area contributed by atoms with E-state index in [-0.39, 0.29) is 19.1 Å². The Labute approximate surface area is 140 Å². The quantitative estimate of drug-likeness (QED) is 0.832. The molecule has 2 aliphatic heterocycles. The monoisotopic (exact) mass is 331 g/mol. The average Bonchev–Trinajstić information content (AvgIpc) is 2.77. The lowest BCUT2D eigenvalue weighted by Gasteiger charge is -2.30. The molecule has 0 aromatic heterocycles. The zero-order valence-corrected chi connectivity index (χ0v) is 13.9. The van der Waals surface area contributed by atoms with Gasteiger partial charge in [0.2, 0.25) is 5.91 Å². The Bertz CT molecular complexity index is 690. The number of nitrogens with zero attached hydrogens (tertiary/aromatic N) is 2. The second-order valence-corrected chi connectivity index (χ2v) is 6.36. The van der Waals surface area contributed by atoms with Crippen molar-refractivity contribution in [3.63, 3.8) is 0 Å². The number of fused-ring (bicyclic) bond motifs is 1. The molecule has 2 aliphatic rings. The zero-order chi connectivity index (χ0) is 17.3. The number of aryl methyl sites for hydroxylation is 1. The summed E-state index contributed by atoms with van der Waals surface area (Å²) < 4.78 is 5.01. The van der Waals surface area contributed by atoms with Crippen LogP contribution < -0.4 is 10.2 Å². The van der Waals surface area contributed by atoms with Gasteiger partial charge in [0.25, 0.3) is 5.91 Å². The fourth-order valence-corrected chi connectivity index (χ4v) is 3.29. The number of nitrogens with one attached hydrogen (secondary N) is 1. The normalized spacial score (nSPS) is 23.2. The summed E-state index contributed by atoms with van der Waals surface area (Å²) in [6, 6.07) is 7.16. The molecule has 1 N–H and O–H groups in total. The summed E-state index contributed by atoms with van der Waals surface area (Å²) in [6.45, 7) is 1.99. The summed E-state index contributed by atoms with van der Waals surface area (Å²) in [5.74, 6) is -0.694. The predicted octanol–water partition coefficient (Wildman–Crippen LogP) is 0.923. The number of methoxy groups -OCH3 is 1. The van der Waals surface area contributed by atoms with Crippen molar-refractivity contribution in [2.45, 2.75) is 25.3 Å². The number of hydrogen-bond acceptors (Lipinski definition) is 4. The molecule has 0 spiro atoms. The lowest BCUT2D eigenvalue weighted by atomic mass is 10.0. The van der Waals surface area contributed by atoms with Crippen LogP contribution in [-0.4, -0.2) is 55.1 Å². The minimum atomic E-state index is -1.12. The highest BCUT2D eigenvalue weighted by molar-refractivity contribution is 6.10. The minimum Gasteiger partial charge on any atom is -0.382 e. The van der Waals surface area contributed by atoms with E-state index in [0.717, 1.165) is 29.0 Å². The number of carbonyl (C=O) groups excluding carboxylic acids is 3. The first-order valence-electron chi connectivity index (χ1n) is 7.97. The summed E-state index contributed by atoms with van der Waals surface area (Å²) in [5, 5.41) is 2.60. The highest BCUT2D eigenvalue weighted by atomic mass is 16.5. The van der Waals surface area contributed by atoms with Crippen molar-refractivity contribution in [3.05, 3.63) is 29.8 Å². The van der Waals surface area contributed by atoms with E-state index in [0.29, 0.717) is 6.54 Å². The average molecular weight is 331 g/mol. The number of para-hydroxylation sites is 1. The number of urea groups is 1. The van der Waals surface area contributed by atoms with Crippen molar-refractivity contribution in [2.24, 2.45) is 0 Å². The highest BCUT2D eigenvalue weighted by Crippen LogP contribution is 2.27. The largest absolute Gasteiger partial charge is 0.382 e. The number of imide groups is 1. The lowest BCUT2D eigenvalue weighted by molar-refractivity contribution is -0.135. The van der Waals surface area contributed by atoms with E-state index in [1.165, 1.54) is 7.11 Å². The van der Waals surface area contributed by atoms with E-state index in [1.807, 2.05) is 24.3 Å². The fraction of sp³-hybridized carbons (Fsp3) is 0.471. The van der Waals surface area contributed by atoms with Gasteiger partial charge >= 0.3 is 6.03 Å². The Morgan fingerprint density at radius 2 is 2.08 bits per heavy atom. The Hall–Kier alpha value is -2.41. The van der Waals surface area contributed by atoms with E-state index >= 15 is 0 Å². The van der Waals surface area contributed by atoms with Crippen LogP contribution in [0.1, 0.15) is 18.9 Å². The second kappa shape index (κ2) is 6.24. The van der Waals surface area contributed by atoms with Gasteiger partial charge in [0, 0.05) is 19.3 Å². The van der Waals surface area contributed by atoms with Gasteiger partial charge in [0.05, 0.1) is 6.61 Å². The maximum Gasteiger partial charge on any atom is 0.325 e. The molecule has 24 heavy (non-hydrogen) atoms. The smallest absolute Gasteiger partial charge is 0.325 e. The van der Waals surface area contributed by atoms with E-state index < -0.39 is 17.5 Å². The number of anilines is 1. The Morgan fingerprint density at radius 3 is 2.83 bits per heavy atom. The van der Waals surface area contributed by atoms with Crippen molar-refractivity contribution in [3.8, 4) is 0 Å². The maximum atomic E-state index is 12.7. The molecule has 1 unspecified atom stereocenters. The van der Waals surface area contributed by atoms with Crippen LogP contribution in [0.25, 0.3) is 0 Å². The van der Waals surface area contributed by atoms with E-state index in [9.17, 15) is 14.4 Å². The van der Waals surface area contributed by atoms with Crippen molar-refractivity contribution < 1.29 is 19.1 Å². The number of hydrogen-bond donors (Lipinski definition) is 1. The summed E-state index contributed by atoms with van der Waals surface area (Å²) in [4.78, 5) is 39.9. The summed E-state index contributed by atoms with van der Waals surface area (Å²) in [7, 11) is 1.46. The zero-order valence-electron chi connectivity index (χ0n) is 13.9. The fourth-order valence-electron chi connectivity index (χ4n) is 3.29. The number of amides is 4. The second-order valence-electron chi connectivity index (χ2n) is 6.36. The molecule has 0 radical (unpaired) electrons. The Kier molecular flexibility index (Phi) is 4.28.